The van der Waals surface area contributed by atoms with Gasteiger partial charge < -0.3 is 10.4 Å². The molecule has 0 fully saturated rings. The molecule has 2 N–H and O–H groups in total. The van der Waals surface area contributed by atoms with Gasteiger partial charge >= 0.3 is 12.4 Å². The van der Waals surface area contributed by atoms with Gasteiger partial charge in [0.1, 0.15) is 0 Å². The lowest BCUT2D eigenvalue weighted by Crippen LogP contribution is -2.38. The third-order valence-electron chi connectivity index (χ3n) is 2.30. The predicted octanol–water partition coefficient (Wildman–Crippen LogP) is 2.72. The largest absolute Gasteiger partial charge is 0.416 e. The van der Waals surface area contributed by atoms with Crippen LogP contribution in [0.1, 0.15) is 11.1 Å². The highest BCUT2D eigenvalue weighted by Gasteiger charge is 2.37. The van der Waals surface area contributed by atoms with Crippen molar-refractivity contribution in [3.8, 4) is 0 Å². The lowest BCUT2D eigenvalue weighted by molar-refractivity contribution is -0.201. The van der Waals surface area contributed by atoms with Gasteiger partial charge in [-0.25, -0.2) is 0 Å². The maximum atomic E-state index is 12.4. The summed E-state index contributed by atoms with van der Waals surface area (Å²) in [5.74, 6) is 0. The number of hydrogen-bond donors (Lipinski definition) is 2. The van der Waals surface area contributed by atoms with Crippen molar-refractivity contribution < 1.29 is 31.4 Å². The molecule has 0 aromatic heterocycles. The number of nitrogens with one attached hydrogen (secondary N) is 1. The number of halogens is 6. The molecule has 2 nitrogen and oxygen atoms in total. The van der Waals surface area contributed by atoms with Gasteiger partial charge in [-0.2, -0.15) is 26.3 Å². The summed E-state index contributed by atoms with van der Waals surface area (Å²) < 4.78 is 73.0. The van der Waals surface area contributed by atoms with E-state index in [2.05, 4.69) is 5.32 Å². The molecule has 1 rings (SSSR count). The van der Waals surface area contributed by atoms with E-state index < -0.39 is 30.6 Å². The van der Waals surface area contributed by atoms with Crippen molar-refractivity contribution in [2.45, 2.75) is 25.0 Å². The minimum Gasteiger partial charge on any atom is -0.382 e. The minimum atomic E-state index is -4.75. The van der Waals surface area contributed by atoms with Gasteiger partial charge in [-0.05, 0) is 11.6 Å². The van der Waals surface area contributed by atoms with Crippen molar-refractivity contribution in [2.75, 3.05) is 6.54 Å². The summed E-state index contributed by atoms with van der Waals surface area (Å²) in [4.78, 5) is 0. The lowest BCUT2D eigenvalue weighted by atomic mass is 10.1. The number of rotatable bonds is 4. The second kappa shape index (κ2) is 5.79. The zero-order valence-corrected chi connectivity index (χ0v) is 9.52. The molecule has 0 radical (unpaired) electrons. The van der Waals surface area contributed by atoms with E-state index in [4.69, 9.17) is 5.11 Å². The fraction of sp³-hybridized carbons (Fsp3) is 0.455. The standard InChI is InChI=1S/C11H11F6NO/c12-10(13,14)8-3-1-2-7(4-8)5-18-6-9(19)11(15,16)17/h1-4,9,18-19H,5-6H2. The van der Waals surface area contributed by atoms with E-state index in [1.807, 2.05) is 0 Å². The molecular formula is C11H11F6NO. The van der Waals surface area contributed by atoms with Crippen LogP contribution in [0.2, 0.25) is 0 Å². The van der Waals surface area contributed by atoms with Gasteiger partial charge in [0.05, 0.1) is 5.56 Å². The second-order valence-corrected chi connectivity index (χ2v) is 3.89. The average molecular weight is 287 g/mol. The SMILES string of the molecule is OC(CNCc1cccc(C(F)(F)F)c1)C(F)(F)F. The molecule has 0 spiro atoms. The van der Waals surface area contributed by atoms with E-state index in [9.17, 15) is 26.3 Å². The van der Waals surface area contributed by atoms with Crippen LogP contribution >= 0.6 is 0 Å². The minimum absolute atomic E-state index is 0.184. The highest BCUT2D eigenvalue weighted by atomic mass is 19.4. The van der Waals surface area contributed by atoms with Crippen molar-refractivity contribution in [1.82, 2.24) is 5.32 Å². The predicted molar refractivity (Wildman–Crippen MR) is 55.2 cm³/mol. The van der Waals surface area contributed by atoms with Gasteiger partial charge in [-0.3, -0.25) is 0 Å². The fourth-order valence-electron chi connectivity index (χ4n) is 1.33. The van der Waals surface area contributed by atoms with Crippen LogP contribution < -0.4 is 5.32 Å². The highest BCUT2D eigenvalue weighted by Crippen LogP contribution is 2.29. The Hall–Kier alpha value is -1.28. The van der Waals surface area contributed by atoms with Crippen LogP contribution in [0, 0.1) is 0 Å². The van der Waals surface area contributed by atoms with Gasteiger partial charge in [0.15, 0.2) is 6.10 Å². The molecule has 108 valence electrons. The van der Waals surface area contributed by atoms with E-state index in [0.29, 0.717) is 0 Å². The van der Waals surface area contributed by atoms with Gasteiger partial charge in [-0.15, -0.1) is 0 Å². The quantitative estimate of drug-likeness (QED) is 0.835. The zero-order valence-electron chi connectivity index (χ0n) is 9.52. The van der Waals surface area contributed by atoms with E-state index >= 15 is 0 Å². The van der Waals surface area contributed by atoms with E-state index in [1.165, 1.54) is 12.1 Å². The van der Waals surface area contributed by atoms with E-state index in [-0.39, 0.29) is 12.1 Å². The van der Waals surface area contributed by atoms with Crippen LogP contribution in [0.5, 0.6) is 0 Å². The molecule has 0 aliphatic heterocycles. The molecule has 19 heavy (non-hydrogen) atoms. The maximum absolute atomic E-state index is 12.4. The smallest absolute Gasteiger partial charge is 0.382 e. The molecule has 0 bridgehead atoms. The monoisotopic (exact) mass is 287 g/mol. The molecule has 1 unspecified atom stereocenters. The third kappa shape index (κ3) is 5.07. The Morgan fingerprint density at radius 1 is 1.11 bits per heavy atom. The summed E-state index contributed by atoms with van der Waals surface area (Å²) in [6, 6.07) is 4.23. The topological polar surface area (TPSA) is 32.3 Å². The molecule has 0 amide bonds. The first kappa shape index (κ1) is 15.8. The third-order valence-corrected chi connectivity index (χ3v) is 2.30. The normalized spacial score (nSPS) is 14.5. The molecule has 0 aliphatic rings. The van der Waals surface area contributed by atoms with Gasteiger partial charge in [-0.1, -0.05) is 18.2 Å². The van der Waals surface area contributed by atoms with Crippen molar-refractivity contribution in [3.63, 3.8) is 0 Å². The van der Waals surface area contributed by atoms with Crippen LogP contribution in [0.15, 0.2) is 24.3 Å². The number of benzene rings is 1. The van der Waals surface area contributed by atoms with Gasteiger partial charge in [0, 0.05) is 13.1 Å². The maximum Gasteiger partial charge on any atom is 0.416 e. The first-order valence-electron chi connectivity index (χ1n) is 5.22. The Bertz CT molecular complexity index is 414. The molecule has 8 heteroatoms. The molecule has 1 aromatic carbocycles. The summed E-state index contributed by atoms with van der Waals surface area (Å²) in [6.45, 7) is -0.975. The van der Waals surface area contributed by atoms with Crippen molar-refractivity contribution in [3.05, 3.63) is 35.4 Å². The first-order valence-corrected chi connectivity index (χ1v) is 5.22. The van der Waals surface area contributed by atoms with Crippen LogP contribution in [-0.4, -0.2) is 23.9 Å². The summed E-state index contributed by atoms with van der Waals surface area (Å²) >= 11 is 0. The van der Waals surface area contributed by atoms with Gasteiger partial charge in [0.2, 0.25) is 0 Å². The number of hydrogen-bond acceptors (Lipinski definition) is 2. The Morgan fingerprint density at radius 3 is 2.26 bits per heavy atom. The van der Waals surface area contributed by atoms with Crippen LogP contribution in [-0.2, 0) is 12.7 Å². The van der Waals surface area contributed by atoms with Crippen molar-refractivity contribution in [2.24, 2.45) is 0 Å². The Morgan fingerprint density at radius 2 is 1.74 bits per heavy atom. The lowest BCUT2D eigenvalue weighted by Gasteiger charge is -2.15. The number of aliphatic hydroxyl groups excluding tert-OH is 1. The molecule has 1 atom stereocenters. The Labute approximate surface area is 105 Å². The van der Waals surface area contributed by atoms with Gasteiger partial charge in [0.25, 0.3) is 0 Å². The van der Waals surface area contributed by atoms with E-state index in [1.54, 1.807) is 0 Å². The second-order valence-electron chi connectivity index (χ2n) is 3.89. The molecule has 0 aliphatic carbocycles. The Balaban J connectivity index is 2.55. The molecule has 0 heterocycles. The zero-order chi connectivity index (χ0) is 14.7. The molecule has 0 saturated heterocycles. The fourth-order valence-corrected chi connectivity index (χ4v) is 1.33. The number of aliphatic hydroxyl groups is 1. The van der Waals surface area contributed by atoms with Crippen LogP contribution in [0.25, 0.3) is 0 Å². The van der Waals surface area contributed by atoms with E-state index in [0.717, 1.165) is 12.1 Å². The molecule has 1 aromatic rings. The summed E-state index contributed by atoms with van der Waals surface area (Å²) in [7, 11) is 0. The van der Waals surface area contributed by atoms with Crippen molar-refractivity contribution >= 4 is 0 Å². The summed E-state index contributed by atoms with van der Waals surface area (Å²) in [5, 5.41) is 10.9. The average Bonchev–Trinajstić information content (AvgIpc) is 2.27. The molecule has 0 saturated carbocycles. The van der Waals surface area contributed by atoms with Crippen LogP contribution in [0.4, 0.5) is 26.3 Å². The van der Waals surface area contributed by atoms with Crippen LogP contribution in [0.3, 0.4) is 0 Å². The Kier molecular flexibility index (Phi) is 4.81. The summed E-state index contributed by atoms with van der Waals surface area (Å²) in [5.41, 5.74) is -0.688. The first-order chi connectivity index (χ1) is 8.60. The highest BCUT2D eigenvalue weighted by molar-refractivity contribution is 5.25. The summed E-state index contributed by atoms with van der Waals surface area (Å²) in [6.07, 6.45) is -11.8. The number of alkyl halides is 6. The van der Waals surface area contributed by atoms with Crippen molar-refractivity contribution in [1.29, 1.82) is 0 Å². The molecular weight excluding hydrogens is 276 g/mol.